The molecular weight excluding hydrogens is 268 g/mol. The molecule has 1 N–H and O–H groups in total. The van der Waals surface area contributed by atoms with Crippen LogP contribution >= 0.6 is 0 Å². The fourth-order valence-electron chi connectivity index (χ4n) is 1.66. The monoisotopic (exact) mass is 288 g/mol. The Morgan fingerprint density at radius 2 is 1.74 bits per heavy atom. The molecule has 0 aromatic heterocycles. The molecule has 1 atom stereocenters. The standard InChI is InChI=1S/C13H20O5S/c1-4-17-12-7-6-10(8-13(12)18-5-2)11(14)9-19(3,15)16/h6-8,11,14H,4-5,9H2,1-3H3. The third-order valence-corrected chi connectivity index (χ3v) is 3.33. The first-order valence-electron chi connectivity index (χ1n) is 6.12. The van der Waals surface area contributed by atoms with Crippen LogP contribution in [-0.2, 0) is 9.84 Å². The molecule has 1 unspecified atom stereocenters. The molecule has 6 heteroatoms. The molecule has 19 heavy (non-hydrogen) atoms. The van der Waals surface area contributed by atoms with Crippen molar-refractivity contribution in [3.63, 3.8) is 0 Å². The number of hydrogen-bond donors (Lipinski definition) is 1. The summed E-state index contributed by atoms with van der Waals surface area (Å²) < 4.78 is 33.2. The first-order valence-corrected chi connectivity index (χ1v) is 8.18. The van der Waals surface area contributed by atoms with Crippen molar-refractivity contribution in [2.75, 3.05) is 25.2 Å². The molecule has 0 fully saturated rings. The van der Waals surface area contributed by atoms with Gasteiger partial charge in [0.05, 0.1) is 25.1 Å². The van der Waals surface area contributed by atoms with Gasteiger partial charge in [-0.05, 0) is 31.5 Å². The van der Waals surface area contributed by atoms with Crippen LogP contribution in [0.2, 0.25) is 0 Å². The third-order valence-electron chi connectivity index (χ3n) is 2.41. The van der Waals surface area contributed by atoms with Crippen LogP contribution < -0.4 is 9.47 Å². The Labute approximate surface area is 114 Å². The molecule has 0 saturated heterocycles. The highest BCUT2D eigenvalue weighted by molar-refractivity contribution is 7.90. The second kappa shape index (κ2) is 6.77. The molecular formula is C13H20O5S. The smallest absolute Gasteiger partial charge is 0.161 e. The largest absolute Gasteiger partial charge is 0.490 e. The highest BCUT2D eigenvalue weighted by Crippen LogP contribution is 2.31. The lowest BCUT2D eigenvalue weighted by atomic mass is 10.1. The average molecular weight is 288 g/mol. The summed E-state index contributed by atoms with van der Waals surface area (Å²) in [6.07, 6.45) is 0.0266. The molecule has 1 aromatic carbocycles. The summed E-state index contributed by atoms with van der Waals surface area (Å²) in [7, 11) is -3.24. The van der Waals surface area contributed by atoms with Crippen molar-refractivity contribution in [2.45, 2.75) is 20.0 Å². The highest BCUT2D eigenvalue weighted by atomic mass is 32.2. The average Bonchev–Trinajstić information content (AvgIpc) is 2.29. The number of sulfone groups is 1. The Bertz CT molecular complexity index is 510. The van der Waals surface area contributed by atoms with Crippen LogP contribution in [0.15, 0.2) is 18.2 Å². The lowest BCUT2D eigenvalue weighted by Crippen LogP contribution is -2.13. The number of ether oxygens (including phenoxy) is 2. The van der Waals surface area contributed by atoms with E-state index in [0.717, 1.165) is 6.26 Å². The third kappa shape index (κ3) is 5.08. The van der Waals surface area contributed by atoms with Gasteiger partial charge < -0.3 is 14.6 Å². The molecule has 0 aliphatic rings. The maximum atomic E-state index is 11.2. The molecule has 0 radical (unpaired) electrons. The van der Waals surface area contributed by atoms with Crippen molar-refractivity contribution in [3.05, 3.63) is 23.8 Å². The molecule has 0 aliphatic heterocycles. The maximum Gasteiger partial charge on any atom is 0.161 e. The van der Waals surface area contributed by atoms with E-state index in [2.05, 4.69) is 0 Å². The van der Waals surface area contributed by atoms with E-state index in [1.165, 1.54) is 0 Å². The Morgan fingerprint density at radius 1 is 1.16 bits per heavy atom. The summed E-state index contributed by atoms with van der Waals surface area (Å²) in [6, 6.07) is 4.93. The van der Waals surface area contributed by atoms with E-state index in [4.69, 9.17) is 9.47 Å². The Kier molecular flexibility index (Phi) is 5.62. The number of rotatable bonds is 7. The number of aliphatic hydroxyl groups excluding tert-OH is 1. The van der Waals surface area contributed by atoms with Gasteiger partial charge in [-0.15, -0.1) is 0 Å². The maximum absolute atomic E-state index is 11.2. The van der Waals surface area contributed by atoms with Gasteiger partial charge >= 0.3 is 0 Å². The van der Waals surface area contributed by atoms with Crippen molar-refractivity contribution in [3.8, 4) is 11.5 Å². The van der Waals surface area contributed by atoms with E-state index in [1.807, 2.05) is 13.8 Å². The molecule has 108 valence electrons. The van der Waals surface area contributed by atoms with Crippen LogP contribution in [0.5, 0.6) is 11.5 Å². The van der Waals surface area contributed by atoms with E-state index in [9.17, 15) is 13.5 Å². The van der Waals surface area contributed by atoms with Crippen LogP contribution in [0.3, 0.4) is 0 Å². The van der Waals surface area contributed by atoms with Crippen molar-refractivity contribution in [1.29, 1.82) is 0 Å². The minimum Gasteiger partial charge on any atom is -0.490 e. The molecule has 0 aliphatic carbocycles. The van der Waals surface area contributed by atoms with Gasteiger partial charge in [-0.1, -0.05) is 6.07 Å². The summed E-state index contributed by atoms with van der Waals surface area (Å²) in [5, 5.41) is 9.89. The van der Waals surface area contributed by atoms with E-state index in [0.29, 0.717) is 30.3 Å². The fraction of sp³-hybridized carbons (Fsp3) is 0.538. The minimum absolute atomic E-state index is 0.313. The first-order chi connectivity index (χ1) is 8.87. The zero-order chi connectivity index (χ0) is 14.5. The Hall–Kier alpha value is -1.27. The van der Waals surface area contributed by atoms with Crippen molar-refractivity contribution >= 4 is 9.84 Å². The number of aliphatic hydroxyl groups is 1. The highest BCUT2D eigenvalue weighted by Gasteiger charge is 2.16. The predicted molar refractivity (Wildman–Crippen MR) is 73.5 cm³/mol. The predicted octanol–water partition coefficient (Wildman–Crippen LogP) is 1.56. The molecule has 0 saturated carbocycles. The number of benzene rings is 1. The Balaban J connectivity index is 3.00. The fourth-order valence-corrected chi connectivity index (χ4v) is 2.42. The van der Waals surface area contributed by atoms with Crippen molar-refractivity contribution in [2.24, 2.45) is 0 Å². The van der Waals surface area contributed by atoms with Gasteiger partial charge in [0.15, 0.2) is 11.5 Å². The first kappa shape index (κ1) is 15.8. The van der Waals surface area contributed by atoms with Gasteiger partial charge in [0.25, 0.3) is 0 Å². The zero-order valence-corrected chi connectivity index (χ0v) is 12.2. The molecule has 5 nitrogen and oxygen atoms in total. The van der Waals surface area contributed by atoms with Gasteiger partial charge in [-0.3, -0.25) is 0 Å². The summed E-state index contributed by atoms with van der Waals surface area (Å²) in [4.78, 5) is 0. The van der Waals surface area contributed by atoms with Crippen LogP contribution in [0.25, 0.3) is 0 Å². The number of hydrogen-bond acceptors (Lipinski definition) is 5. The topological polar surface area (TPSA) is 72.8 Å². The van der Waals surface area contributed by atoms with Crippen LogP contribution in [0, 0.1) is 0 Å². The Morgan fingerprint density at radius 3 is 2.26 bits per heavy atom. The lowest BCUT2D eigenvalue weighted by Gasteiger charge is -2.15. The van der Waals surface area contributed by atoms with Crippen LogP contribution in [0.4, 0.5) is 0 Å². The summed E-state index contributed by atoms with van der Waals surface area (Å²) in [6.45, 7) is 4.68. The minimum atomic E-state index is -3.24. The molecule has 0 amide bonds. The molecule has 1 rings (SSSR count). The second-order valence-electron chi connectivity index (χ2n) is 4.18. The van der Waals surface area contributed by atoms with Crippen LogP contribution in [0.1, 0.15) is 25.5 Å². The van der Waals surface area contributed by atoms with Gasteiger partial charge in [0, 0.05) is 6.26 Å². The van der Waals surface area contributed by atoms with Crippen molar-refractivity contribution < 1.29 is 23.0 Å². The lowest BCUT2D eigenvalue weighted by molar-refractivity contribution is 0.200. The summed E-state index contributed by atoms with van der Waals surface area (Å²) in [5.41, 5.74) is 0.498. The van der Waals surface area contributed by atoms with Gasteiger partial charge in [-0.25, -0.2) is 8.42 Å². The summed E-state index contributed by atoms with van der Waals surface area (Å²) >= 11 is 0. The van der Waals surface area contributed by atoms with Gasteiger partial charge in [0.1, 0.15) is 9.84 Å². The van der Waals surface area contributed by atoms with E-state index in [1.54, 1.807) is 18.2 Å². The van der Waals surface area contributed by atoms with Gasteiger partial charge in [-0.2, -0.15) is 0 Å². The summed E-state index contributed by atoms with van der Waals surface area (Å²) in [5.74, 6) is 0.779. The quantitative estimate of drug-likeness (QED) is 0.824. The SMILES string of the molecule is CCOc1ccc(C(O)CS(C)(=O)=O)cc1OCC. The zero-order valence-electron chi connectivity index (χ0n) is 11.4. The molecule has 1 aromatic rings. The molecule has 0 spiro atoms. The van der Waals surface area contributed by atoms with Crippen molar-refractivity contribution in [1.82, 2.24) is 0 Å². The van der Waals surface area contributed by atoms with Crippen LogP contribution in [-0.4, -0.2) is 38.7 Å². The normalized spacial score (nSPS) is 13.1. The second-order valence-corrected chi connectivity index (χ2v) is 6.37. The van der Waals surface area contributed by atoms with Gasteiger partial charge in [0.2, 0.25) is 0 Å². The molecule has 0 bridgehead atoms. The van der Waals surface area contributed by atoms with E-state index < -0.39 is 15.9 Å². The van der Waals surface area contributed by atoms with E-state index >= 15 is 0 Å². The van der Waals surface area contributed by atoms with E-state index in [-0.39, 0.29) is 5.75 Å². The molecule has 0 heterocycles.